The van der Waals surface area contributed by atoms with E-state index in [1.165, 1.54) is 0 Å². The van der Waals surface area contributed by atoms with Crippen LogP contribution in [-0.4, -0.2) is 40.8 Å². The van der Waals surface area contributed by atoms with Gasteiger partial charge in [0.2, 0.25) is 11.8 Å². The van der Waals surface area contributed by atoms with Crippen molar-refractivity contribution in [2.75, 3.05) is 13.1 Å². The first-order valence-corrected chi connectivity index (χ1v) is 7.84. The summed E-state index contributed by atoms with van der Waals surface area (Å²) in [6.07, 6.45) is 1.13. The summed E-state index contributed by atoms with van der Waals surface area (Å²) >= 11 is 1.62. The minimum Gasteiger partial charge on any atom is -0.344 e. The van der Waals surface area contributed by atoms with Crippen molar-refractivity contribution in [1.29, 1.82) is 0 Å². The minimum atomic E-state index is -0.400. The average Bonchev–Trinajstić information content (AvgIpc) is 2.74. The molecule has 1 aliphatic heterocycles. The van der Waals surface area contributed by atoms with E-state index in [0.717, 1.165) is 17.1 Å². The van der Waals surface area contributed by atoms with Gasteiger partial charge in [-0.3, -0.25) is 9.59 Å². The number of aromatic nitrogens is 1. The Labute approximate surface area is 123 Å². The van der Waals surface area contributed by atoms with E-state index in [2.05, 4.69) is 10.3 Å². The molecule has 1 aromatic rings. The molecule has 110 valence electrons. The third-order valence-corrected chi connectivity index (χ3v) is 4.46. The zero-order chi connectivity index (χ0) is 14.7. The molecule has 0 spiro atoms. The Morgan fingerprint density at radius 3 is 2.85 bits per heavy atom. The van der Waals surface area contributed by atoms with Crippen LogP contribution in [0.1, 0.15) is 31.0 Å². The summed E-state index contributed by atoms with van der Waals surface area (Å²) in [6.45, 7) is 7.00. The van der Waals surface area contributed by atoms with Crippen molar-refractivity contribution in [1.82, 2.24) is 15.2 Å². The summed E-state index contributed by atoms with van der Waals surface area (Å²) in [5, 5.41) is 5.87. The number of nitrogens with zero attached hydrogens (tertiary/aromatic N) is 2. The molecule has 2 rings (SSSR count). The number of aryl methyl sites for hydroxylation is 1. The van der Waals surface area contributed by atoms with Crippen molar-refractivity contribution >= 4 is 23.2 Å². The van der Waals surface area contributed by atoms with Gasteiger partial charge in [-0.25, -0.2) is 4.98 Å². The van der Waals surface area contributed by atoms with Gasteiger partial charge in [0.1, 0.15) is 6.04 Å². The van der Waals surface area contributed by atoms with Crippen molar-refractivity contribution in [3.8, 4) is 0 Å². The Kier molecular flexibility index (Phi) is 4.75. The van der Waals surface area contributed by atoms with Crippen LogP contribution >= 0.6 is 11.3 Å². The highest BCUT2D eigenvalue weighted by Crippen LogP contribution is 2.14. The lowest BCUT2D eigenvalue weighted by molar-refractivity contribution is -0.134. The van der Waals surface area contributed by atoms with Gasteiger partial charge < -0.3 is 10.2 Å². The normalized spacial score (nSPS) is 20.2. The molecule has 0 radical (unpaired) electrons. The molecule has 20 heavy (non-hydrogen) atoms. The molecule has 2 heterocycles. The second-order valence-corrected chi connectivity index (χ2v) is 6.44. The van der Waals surface area contributed by atoms with Crippen LogP contribution in [0.15, 0.2) is 5.38 Å². The monoisotopic (exact) mass is 295 g/mol. The summed E-state index contributed by atoms with van der Waals surface area (Å²) in [6, 6.07) is -0.400. The van der Waals surface area contributed by atoms with Gasteiger partial charge in [0.25, 0.3) is 0 Å². The van der Waals surface area contributed by atoms with Gasteiger partial charge in [0.15, 0.2) is 0 Å². The summed E-state index contributed by atoms with van der Waals surface area (Å²) in [5.41, 5.74) is 1.02. The van der Waals surface area contributed by atoms with E-state index in [0.29, 0.717) is 19.5 Å². The van der Waals surface area contributed by atoms with Gasteiger partial charge in [-0.05, 0) is 12.8 Å². The van der Waals surface area contributed by atoms with E-state index < -0.39 is 6.04 Å². The van der Waals surface area contributed by atoms with Crippen molar-refractivity contribution in [2.24, 2.45) is 5.92 Å². The van der Waals surface area contributed by atoms with Crippen LogP contribution in [0.2, 0.25) is 0 Å². The number of hydrogen-bond donors (Lipinski definition) is 1. The molecule has 6 heteroatoms. The second kappa shape index (κ2) is 6.35. The first-order chi connectivity index (χ1) is 9.47. The zero-order valence-electron chi connectivity index (χ0n) is 12.2. The summed E-state index contributed by atoms with van der Waals surface area (Å²) in [4.78, 5) is 30.3. The number of nitrogens with one attached hydrogen (secondary N) is 1. The summed E-state index contributed by atoms with van der Waals surface area (Å²) < 4.78 is 0. The summed E-state index contributed by atoms with van der Waals surface area (Å²) in [7, 11) is 0. The van der Waals surface area contributed by atoms with Crippen LogP contribution in [0.4, 0.5) is 0 Å². The molecule has 1 N–H and O–H groups in total. The Bertz CT molecular complexity index is 498. The number of carbonyl (C=O) groups excluding carboxylic acids is 2. The molecule has 5 nitrogen and oxygen atoms in total. The quantitative estimate of drug-likeness (QED) is 0.912. The van der Waals surface area contributed by atoms with Crippen LogP contribution in [0.25, 0.3) is 0 Å². The maximum absolute atomic E-state index is 12.5. The maximum Gasteiger partial charge on any atom is 0.245 e. The smallest absolute Gasteiger partial charge is 0.245 e. The van der Waals surface area contributed by atoms with E-state index in [-0.39, 0.29) is 17.7 Å². The molecular formula is C14H21N3O2S. The van der Waals surface area contributed by atoms with Crippen molar-refractivity contribution in [3.63, 3.8) is 0 Å². The maximum atomic E-state index is 12.5. The molecule has 1 aromatic heterocycles. The molecule has 0 aliphatic carbocycles. The molecule has 1 unspecified atom stereocenters. The predicted molar refractivity (Wildman–Crippen MR) is 78.5 cm³/mol. The number of hydrogen-bond acceptors (Lipinski definition) is 4. The molecule has 0 bridgehead atoms. The lowest BCUT2D eigenvalue weighted by Gasteiger charge is -2.25. The molecular weight excluding hydrogens is 274 g/mol. The van der Waals surface area contributed by atoms with Crippen LogP contribution in [-0.2, 0) is 16.0 Å². The number of thiazole rings is 1. The molecule has 1 atom stereocenters. The largest absolute Gasteiger partial charge is 0.344 e. The number of amides is 2. The van der Waals surface area contributed by atoms with Gasteiger partial charge in [-0.15, -0.1) is 11.3 Å². The number of rotatable bonds is 4. The zero-order valence-corrected chi connectivity index (χ0v) is 13.0. The van der Waals surface area contributed by atoms with Crippen molar-refractivity contribution in [3.05, 3.63) is 16.1 Å². The topological polar surface area (TPSA) is 62.3 Å². The number of carbonyl (C=O) groups is 2. The van der Waals surface area contributed by atoms with E-state index >= 15 is 0 Å². The van der Waals surface area contributed by atoms with Gasteiger partial charge >= 0.3 is 0 Å². The fraction of sp³-hybridized carbons (Fsp3) is 0.643. The minimum absolute atomic E-state index is 0.0270. The first kappa shape index (κ1) is 15.0. The van der Waals surface area contributed by atoms with E-state index in [4.69, 9.17) is 0 Å². The highest BCUT2D eigenvalue weighted by atomic mass is 32.1. The van der Waals surface area contributed by atoms with Crippen LogP contribution in [0.5, 0.6) is 0 Å². The van der Waals surface area contributed by atoms with E-state index in [1.54, 1.807) is 16.2 Å². The lowest BCUT2D eigenvalue weighted by Crippen LogP contribution is -2.48. The molecule has 0 saturated carbocycles. The fourth-order valence-corrected chi connectivity index (χ4v) is 3.04. The van der Waals surface area contributed by atoms with Crippen molar-refractivity contribution in [2.45, 2.75) is 39.7 Å². The van der Waals surface area contributed by atoms with Crippen LogP contribution in [0, 0.1) is 12.8 Å². The van der Waals surface area contributed by atoms with E-state index in [1.807, 2.05) is 26.2 Å². The van der Waals surface area contributed by atoms with Gasteiger partial charge in [0.05, 0.1) is 5.01 Å². The molecule has 1 aliphatic rings. The van der Waals surface area contributed by atoms with Crippen molar-refractivity contribution < 1.29 is 9.59 Å². The van der Waals surface area contributed by atoms with Crippen LogP contribution in [0.3, 0.4) is 0 Å². The first-order valence-electron chi connectivity index (χ1n) is 6.96. The average molecular weight is 295 g/mol. The highest BCUT2D eigenvalue weighted by molar-refractivity contribution is 7.09. The third-order valence-electron chi connectivity index (χ3n) is 3.43. The van der Waals surface area contributed by atoms with Gasteiger partial charge in [-0.2, -0.15) is 0 Å². The molecule has 2 amide bonds. The standard InChI is InChI=1S/C14H21N3O2S/c1-9(2)13-14(19)17(6-4-11(18)16-13)7-5-12-15-10(3)8-20-12/h8-9,13H,4-7H2,1-3H3,(H,16,18). The van der Waals surface area contributed by atoms with Crippen LogP contribution < -0.4 is 5.32 Å². The second-order valence-electron chi connectivity index (χ2n) is 5.50. The Hall–Kier alpha value is -1.43. The van der Waals surface area contributed by atoms with Gasteiger partial charge in [-0.1, -0.05) is 13.8 Å². The fourth-order valence-electron chi connectivity index (χ4n) is 2.27. The SMILES string of the molecule is Cc1csc(CCN2CCC(=O)NC(C(C)C)C2=O)n1. The molecule has 0 aromatic carbocycles. The Balaban J connectivity index is 2.01. The lowest BCUT2D eigenvalue weighted by atomic mass is 10.0. The molecule has 1 saturated heterocycles. The predicted octanol–water partition coefficient (Wildman–Crippen LogP) is 1.37. The Morgan fingerprint density at radius 1 is 1.50 bits per heavy atom. The third kappa shape index (κ3) is 3.56. The van der Waals surface area contributed by atoms with E-state index in [9.17, 15) is 9.59 Å². The van der Waals surface area contributed by atoms with Gasteiger partial charge in [0, 0.05) is 37.0 Å². The molecule has 1 fully saturated rings. The Morgan fingerprint density at radius 2 is 2.25 bits per heavy atom. The summed E-state index contributed by atoms with van der Waals surface area (Å²) in [5.74, 6) is 0.0953. The highest BCUT2D eigenvalue weighted by Gasteiger charge is 2.31.